The number of hydrogen-bond donors (Lipinski definition) is 1. The van der Waals surface area contributed by atoms with Crippen molar-refractivity contribution in [2.24, 2.45) is 7.05 Å². The van der Waals surface area contributed by atoms with Crippen molar-refractivity contribution in [1.29, 1.82) is 0 Å². The van der Waals surface area contributed by atoms with E-state index in [0.717, 1.165) is 5.69 Å². The topological polar surface area (TPSA) is 64.0 Å². The summed E-state index contributed by atoms with van der Waals surface area (Å²) in [5.41, 5.74) is 1.00. The molecule has 1 atom stereocenters. The third kappa shape index (κ3) is 3.64. The van der Waals surface area contributed by atoms with Gasteiger partial charge in [-0.15, -0.1) is 0 Å². The van der Waals surface area contributed by atoms with Crippen molar-refractivity contribution in [2.45, 2.75) is 12.5 Å². The van der Waals surface area contributed by atoms with Gasteiger partial charge in [0.2, 0.25) is 0 Å². The van der Waals surface area contributed by atoms with Gasteiger partial charge in [-0.05, 0) is 19.5 Å². The number of aromatic nitrogens is 2. The Balaban J connectivity index is 2.70. The van der Waals surface area contributed by atoms with Gasteiger partial charge in [0.25, 0.3) is 0 Å². The van der Waals surface area contributed by atoms with Crippen molar-refractivity contribution in [3.8, 4) is 0 Å². The summed E-state index contributed by atoms with van der Waals surface area (Å²) in [7, 11) is 0.764. The Morgan fingerprint density at radius 2 is 2.27 bits per heavy atom. The monoisotopic (exact) mass is 231 g/mol. The first-order chi connectivity index (χ1) is 6.94. The Kier molecular flexibility index (Phi) is 3.87. The second-order valence-electron chi connectivity index (χ2n) is 3.64. The van der Waals surface area contributed by atoms with Crippen LogP contribution in [0.15, 0.2) is 12.3 Å². The maximum absolute atomic E-state index is 11.1. The zero-order valence-electron chi connectivity index (χ0n) is 9.27. The number of nitrogens with one attached hydrogen (secondary N) is 1. The molecule has 0 saturated heterocycles. The summed E-state index contributed by atoms with van der Waals surface area (Å²) in [6.07, 6.45) is 3.53. The fourth-order valence-electron chi connectivity index (χ4n) is 1.50. The van der Waals surface area contributed by atoms with E-state index in [0.29, 0.717) is 6.42 Å². The minimum atomic E-state index is -2.90. The van der Waals surface area contributed by atoms with Crippen molar-refractivity contribution >= 4 is 9.84 Å². The lowest BCUT2D eigenvalue weighted by Gasteiger charge is -2.15. The van der Waals surface area contributed by atoms with Gasteiger partial charge in [0.15, 0.2) is 0 Å². The van der Waals surface area contributed by atoms with E-state index in [9.17, 15) is 8.42 Å². The zero-order chi connectivity index (χ0) is 11.5. The van der Waals surface area contributed by atoms with Gasteiger partial charge in [-0.1, -0.05) is 0 Å². The van der Waals surface area contributed by atoms with E-state index in [2.05, 4.69) is 10.4 Å². The first-order valence-electron chi connectivity index (χ1n) is 4.77. The highest BCUT2D eigenvalue weighted by Gasteiger charge is 2.15. The molecule has 1 rings (SSSR count). The maximum atomic E-state index is 11.1. The molecule has 86 valence electrons. The SMILES string of the molecule is CNC(CCS(C)(=O)=O)c1ccnn1C. The highest BCUT2D eigenvalue weighted by atomic mass is 32.2. The standard InChI is InChI=1S/C9H17N3O2S/c1-10-8(5-7-15(3,13)14)9-4-6-11-12(9)2/h4,6,8,10H,5,7H2,1-3H3. The van der Waals surface area contributed by atoms with Crippen LogP contribution in [0.1, 0.15) is 18.2 Å². The van der Waals surface area contributed by atoms with Crippen molar-refractivity contribution in [2.75, 3.05) is 19.1 Å². The lowest BCUT2D eigenvalue weighted by Crippen LogP contribution is -2.22. The summed E-state index contributed by atoms with van der Waals surface area (Å²) in [4.78, 5) is 0. The Morgan fingerprint density at radius 1 is 1.60 bits per heavy atom. The highest BCUT2D eigenvalue weighted by Crippen LogP contribution is 2.15. The fraction of sp³-hybridized carbons (Fsp3) is 0.667. The van der Waals surface area contributed by atoms with Crippen molar-refractivity contribution < 1.29 is 8.42 Å². The molecule has 0 spiro atoms. The predicted octanol–water partition coefficient (Wildman–Crippen LogP) is 0.115. The minimum absolute atomic E-state index is 0.0345. The highest BCUT2D eigenvalue weighted by molar-refractivity contribution is 7.90. The van der Waals surface area contributed by atoms with Crippen LogP contribution >= 0.6 is 0 Å². The quantitative estimate of drug-likeness (QED) is 0.781. The van der Waals surface area contributed by atoms with Crippen LogP contribution in [0, 0.1) is 0 Å². The molecule has 0 aliphatic carbocycles. The molecule has 0 aliphatic rings. The Bertz CT molecular complexity index is 411. The molecular formula is C9H17N3O2S. The average molecular weight is 231 g/mol. The number of rotatable bonds is 5. The third-order valence-electron chi connectivity index (χ3n) is 2.34. The van der Waals surface area contributed by atoms with Crippen molar-refractivity contribution in [3.05, 3.63) is 18.0 Å². The van der Waals surface area contributed by atoms with Gasteiger partial charge in [-0.2, -0.15) is 5.10 Å². The summed E-state index contributed by atoms with van der Waals surface area (Å²) < 4.78 is 23.9. The van der Waals surface area contributed by atoms with Gasteiger partial charge >= 0.3 is 0 Å². The van der Waals surface area contributed by atoms with Crippen LogP contribution in [-0.2, 0) is 16.9 Å². The van der Waals surface area contributed by atoms with Gasteiger partial charge in [0.05, 0.1) is 11.4 Å². The van der Waals surface area contributed by atoms with Crippen LogP contribution in [0.2, 0.25) is 0 Å². The molecule has 1 N–H and O–H groups in total. The van der Waals surface area contributed by atoms with Gasteiger partial charge in [0.1, 0.15) is 9.84 Å². The van der Waals surface area contributed by atoms with Gasteiger partial charge in [-0.25, -0.2) is 8.42 Å². The first kappa shape index (κ1) is 12.2. The summed E-state index contributed by atoms with van der Waals surface area (Å²) >= 11 is 0. The van der Waals surface area contributed by atoms with Crippen LogP contribution < -0.4 is 5.32 Å². The fourth-order valence-corrected chi connectivity index (χ4v) is 2.16. The molecule has 15 heavy (non-hydrogen) atoms. The second kappa shape index (κ2) is 4.76. The maximum Gasteiger partial charge on any atom is 0.147 e. The Labute approximate surface area is 90.4 Å². The Morgan fingerprint density at radius 3 is 2.67 bits per heavy atom. The molecule has 0 saturated carbocycles. The Hall–Kier alpha value is -0.880. The summed E-state index contributed by atoms with van der Waals surface area (Å²) in [5, 5.41) is 7.15. The predicted molar refractivity (Wildman–Crippen MR) is 59.3 cm³/mol. The van der Waals surface area contributed by atoms with Crippen molar-refractivity contribution in [1.82, 2.24) is 15.1 Å². The summed E-state index contributed by atoms with van der Waals surface area (Å²) in [6, 6.07) is 1.93. The molecule has 0 aromatic carbocycles. The molecule has 0 bridgehead atoms. The van der Waals surface area contributed by atoms with Gasteiger partial charge < -0.3 is 5.32 Å². The number of hydrogen-bond acceptors (Lipinski definition) is 4. The molecule has 5 nitrogen and oxygen atoms in total. The van der Waals surface area contributed by atoms with Crippen LogP contribution in [0.4, 0.5) is 0 Å². The number of sulfone groups is 1. The molecule has 1 unspecified atom stereocenters. The molecule has 0 amide bonds. The minimum Gasteiger partial charge on any atom is -0.312 e. The van der Waals surface area contributed by atoms with E-state index < -0.39 is 9.84 Å². The van der Waals surface area contributed by atoms with E-state index in [1.165, 1.54) is 6.26 Å². The van der Waals surface area contributed by atoms with E-state index in [4.69, 9.17) is 0 Å². The summed E-state index contributed by atoms with van der Waals surface area (Å²) in [6.45, 7) is 0. The number of nitrogens with zero attached hydrogens (tertiary/aromatic N) is 2. The molecule has 0 fully saturated rings. The number of aryl methyl sites for hydroxylation is 1. The van der Waals surface area contributed by atoms with E-state index in [-0.39, 0.29) is 11.8 Å². The molecule has 1 heterocycles. The molecule has 1 aromatic rings. The second-order valence-corrected chi connectivity index (χ2v) is 5.90. The van der Waals surface area contributed by atoms with E-state index in [1.807, 2.05) is 20.2 Å². The van der Waals surface area contributed by atoms with Crippen LogP contribution in [0.3, 0.4) is 0 Å². The first-order valence-corrected chi connectivity index (χ1v) is 6.83. The van der Waals surface area contributed by atoms with Crippen molar-refractivity contribution in [3.63, 3.8) is 0 Å². The van der Waals surface area contributed by atoms with Gasteiger partial charge in [0, 0.05) is 25.5 Å². The normalized spacial score (nSPS) is 14.1. The average Bonchev–Trinajstić information content (AvgIpc) is 2.52. The molecular weight excluding hydrogens is 214 g/mol. The van der Waals surface area contributed by atoms with Gasteiger partial charge in [-0.3, -0.25) is 4.68 Å². The zero-order valence-corrected chi connectivity index (χ0v) is 10.1. The van der Waals surface area contributed by atoms with Crippen LogP contribution in [0.25, 0.3) is 0 Å². The molecule has 0 aliphatic heterocycles. The van der Waals surface area contributed by atoms with Crippen LogP contribution in [-0.4, -0.2) is 37.3 Å². The third-order valence-corrected chi connectivity index (χ3v) is 3.32. The molecule has 1 aromatic heterocycles. The largest absolute Gasteiger partial charge is 0.312 e. The van der Waals surface area contributed by atoms with E-state index >= 15 is 0 Å². The molecule has 0 radical (unpaired) electrons. The lowest BCUT2D eigenvalue weighted by molar-refractivity contribution is 0.520. The summed E-state index contributed by atoms with van der Waals surface area (Å²) in [5.74, 6) is 0.184. The molecule has 6 heteroatoms. The lowest BCUT2D eigenvalue weighted by atomic mass is 10.1. The van der Waals surface area contributed by atoms with E-state index in [1.54, 1.807) is 10.9 Å². The van der Waals surface area contributed by atoms with Crippen LogP contribution in [0.5, 0.6) is 0 Å². The smallest absolute Gasteiger partial charge is 0.147 e.